The van der Waals surface area contributed by atoms with Crippen LogP contribution in [0.3, 0.4) is 0 Å². The maximum atomic E-state index is 11.5. The zero-order valence-corrected chi connectivity index (χ0v) is 10.4. The summed E-state index contributed by atoms with van der Waals surface area (Å²) in [6.45, 7) is 3.91. The minimum atomic E-state index is -0.895. The SMILES string of the molecule is CCO.CCOC(=O)C1OC(=O)c2ccccc21. The lowest BCUT2D eigenvalue weighted by molar-refractivity contribution is -0.153. The van der Waals surface area contributed by atoms with Crippen molar-refractivity contribution >= 4 is 11.9 Å². The Balaban J connectivity index is 0.000000492. The van der Waals surface area contributed by atoms with Crippen LogP contribution >= 0.6 is 0 Å². The fourth-order valence-electron chi connectivity index (χ4n) is 1.54. The largest absolute Gasteiger partial charge is 0.463 e. The summed E-state index contributed by atoms with van der Waals surface area (Å²) in [5.74, 6) is -0.987. The van der Waals surface area contributed by atoms with Crippen LogP contribution in [0, 0.1) is 0 Å². The molecule has 98 valence electrons. The number of carbonyl (C=O) groups excluding carboxylic acids is 2. The number of cyclic esters (lactones) is 1. The zero-order valence-electron chi connectivity index (χ0n) is 10.4. The number of hydrogen-bond donors (Lipinski definition) is 1. The molecular weight excluding hydrogens is 236 g/mol. The van der Waals surface area contributed by atoms with Crippen molar-refractivity contribution in [3.63, 3.8) is 0 Å². The molecule has 1 atom stereocenters. The molecular formula is C13H16O5. The van der Waals surface area contributed by atoms with Crippen LogP contribution in [-0.2, 0) is 14.3 Å². The van der Waals surface area contributed by atoms with Gasteiger partial charge in [0.15, 0.2) is 0 Å². The minimum absolute atomic E-state index is 0.250. The molecule has 0 radical (unpaired) electrons. The first kappa shape index (κ1) is 14.2. The second-order valence-corrected chi connectivity index (χ2v) is 3.44. The van der Waals surface area contributed by atoms with Crippen molar-refractivity contribution in [2.45, 2.75) is 20.0 Å². The molecule has 1 aromatic carbocycles. The van der Waals surface area contributed by atoms with Crippen molar-refractivity contribution in [2.75, 3.05) is 13.2 Å². The Morgan fingerprint density at radius 1 is 1.39 bits per heavy atom. The standard InChI is InChI=1S/C11H10O4.C2H6O/c1-2-14-11(13)9-7-5-3-4-6-8(7)10(12)15-9;1-2-3/h3-6,9H,2H2,1H3;3H,2H2,1H3. The third-order valence-corrected chi connectivity index (χ3v) is 2.19. The van der Waals surface area contributed by atoms with E-state index in [2.05, 4.69) is 0 Å². The highest BCUT2D eigenvalue weighted by molar-refractivity contribution is 5.98. The summed E-state index contributed by atoms with van der Waals surface area (Å²) >= 11 is 0. The van der Waals surface area contributed by atoms with Crippen LogP contribution in [0.15, 0.2) is 24.3 Å². The molecule has 0 aliphatic carbocycles. The molecule has 0 saturated carbocycles. The summed E-state index contributed by atoms with van der Waals surface area (Å²) in [7, 11) is 0. The van der Waals surface area contributed by atoms with Crippen LogP contribution in [0.1, 0.15) is 35.9 Å². The van der Waals surface area contributed by atoms with Crippen molar-refractivity contribution in [3.8, 4) is 0 Å². The average molecular weight is 252 g/mol. The highest BCUT2D eigenvalue weighted by Crippen LogP contribution is 2.31. The smallest absolute Gasteiger partial charge is 0.352 e. The number of fused-ring (bicyclic) bond motifs is 1. The van der Waals surface area contributed by atoms with Gasteiger partial charge in [-0.15, -0.1) is 0 Å². The number of carbonyl (C=O) groups is 2. The maximum Gasteiger partial charge on any atom is 0.352 e. The summed E-state index contributed by atoms with van der Waals surface area (Å²) < 4.78 is 9.75. The summed E-state index contributed by atoms with van der Waals surface area (Å²) in [4.78, 5) is 22.8. The molecule has 0 saturated heterocycles. The Hall–Kier alpha value is -1.88. The number of rotatable bonds is 2. The summed E-state index contributed by atoms with van der Waals surface area (Å²) in [5, 5.41) is 7.57. The molecule has 1 aliphatic heterocycles. The van der Waals surface area contributed by atoms with E-state index in [4.69, 9.17) is 14.6 Å². The van der Waals surface area contributed by atoms with Crippen molar-refractivity contribution in [3.05, 3.63) is 35.4 Å². The van der Waals surface area contributed by atoms with Gasteiger partial charge in [0, 0.05) is 12.2 Å². The third kappa shape index (κ3) is 3.07. The number of hydrogen-bond acceptors (Lipinski definition) is 5. The summed E-state index contributed by atoms with van der Waals surface area (Å²) in [6.07, 6.45) is -0.895. The summed E-state index contributed by atoms with van der Waals surface area (Å²) in [6, 6.07) is 6.82. The van der Waals surface area contributed by atoms with Crippen LogP contribution < -0.4 is 0 Å². The number of aliphatic hydroxyl groups is 1. The molecule has 1 aliphatic rings. The van der Waals surface area contributed by atoms with E-state index in [-0.39, 0.29) is 13.2 Å². The van der Waals surface area contributed by atoms with Crippen LogP contribution in [0.25, 0.3) is 0 Å². The van der Waals surface area contributed by atoms with Gasteiger partial charge < -0.3 is 14.6 Å². The lowest BCUT2D eigenvalue weighted by Gasteiger charge is -2.08. The van der Waals surface area contributed by atoms with Gasteiger partial charge in [0.2, 0.25) is 6.10 Å². The fraction of sp³-hybridized carbons (Fsp3) is 0.385. The predicted octanol–water partition coefficient (Wildman–Crippen LogP) is 1.46. The second-order valence-electron chi connectivity index (χ2n) is 3.44. The maximum absolute atomic E-state index is 11.5. The predicted molar refractivity (Wildman–Crippen MR) is 64.0 cm³/mol. The highest BCUT2D eigenvalue weighted by atomic mass is 16.6. The second kappa shape index (κ2) is 6.76. The van der Waals surface area contributed by atoms with Gasteiger partial charge in [0.1, 0.15) is 0 Å². The average Bonchev–Trinajstić information content (AvgIpc) is 2.69. The molecule has 1 unspecified atom stereocenters. The van der Waals surface area contributed by atoms with E-state index in [9.17, 15) is 9.59 Å². The van der Waals surface area contributed by atoms with Crippen molar-refractivity contribution in [1.29, 1.82) is 0 Å². The highest BCUT2D eigenvalue weighted by Gasteiger charge is 2.36. The van der Waals surface area contributed by atoms with Gasteiger partial charge in [-0.25, -0.2) is 9.59 Å². The quantitative estimate of drug-likeness (QED) is 0.807. The molecule has 0 aromatic heterocycles. The Kier molecular flexibility index (Phi) is 5.32. The van der Waals surface area contributed by atoms with Gasteiger partial charge in [0.25, 0.3) is 0 Å². The first-order chi connectivity index (χ1) is 8.65. The molecule has 0 spiro atoms. The van der Waals surface area contributed by atoms with E-state index in [1.54, 1.807) is 38.1 Å². The van der Waals surface area contributed by atoms with Gasteiger partial charge in [-0.3, -0.25) is 0 Å². The fourth-order valence-corrected chi connectivity index (χ4v) is 1.54. The molecule has 1 heterocycles. The molecule has 5 nitrogen and oxygen atoms in total. The van der Waals surface area contributed by atoms with Gasteiger partial charge in [0.05, 0.1) is 12.2 Å². The van der Waals surface area contributed by atoms with Gasteiger partial charge in [-0.2, -0.15) is 0 Å². The van der Waals surface area contributed by atoms with Gasteiger partial charge in [-0.05, 0) is 19.9 Å². The number of esters is 2. The number of aliphatic hydroxyl groups excluding tert-OH is 1. The topological polar surface area (TPSA) is 72.8 Å². The molecule has 2 rings (SSSR count). The van der Waals surface area contributed by atoms with E-state index in [1.165, 1.54) is 0 Å². The normalized spacial score (nSPS) is 16.2. The van der Waals surface area contributed by atoms with Crippen molar-refractivity contribution < 1.29 is 24.2 Å². The Labute approximate surface area is 105 Å². The van der Waals surface area contributed by atoms with Crippen LogP contribution in [0.2, 0.25) is 0 Å². The van der Waals surface area contributed by atoms with Gasteiger partial charge >= 0.3 is 11.9 Å². The van der Waals surface area contributed by atoms with E-state index in [0.29, 0.717) is 11.1 Å². The molecule has 1 aromatic rings. The molecule has 5 heteroatoms. The van der Waals surface area contributed by atoms with Crippen LogP contribution in [0.5, 0.6) is 0 Å². The Morgan fingerprint density at radius 2 is 2.00 bits per heavy atom. The Morgan fingerprint density at radius 3 is 2.61 bits per heavy atom. The lowest BCUT2D eigenvalue weighted by atomic mass is 10.1. The Bertz CT molecular complexity index is 427. The van der Waals surface area contributed by atoms with E-state index >= 15 is 0 Å². The van der Waals surface area contributed by atoms with E-state index < -0.39 is 18.0 Å². The molecule has 18 heavy (non-hydrogen) atoms. The summed E-state index contributed by atoms with van der Waals surface area (Å²) in [5.41, 5.74) is 1.02. The zero-order chi connectivity index (χ0) is 13.5. The number of benzene rings is 1. The first-order valence-electron chi connectivity index (χ1n) is 5.73. The molecule has 0 amide bonds. The minimum Gasteiger partial charge on any atom is -0.463 e. The lowest BCUT2D eigenvalue weighted by Crippen LogP contribution is -2.15. The van der Waals surface area contributed by atoms with Crippen molar-refractivity contribution in [2.24, 2.45) is 0 Å². The molecule has 0 bridgehead atoms. The van der Waals surface area contributed by atoms with Crippen LogP contribution in [-0.4, -0.2) is 30.3 Å². The van der Waals surface area contributed by atoms with E-state index in [1.807, 2.05) is 0 Å². The number of ether oxygens (including phenoxy) is 2. The first-order valence-corrected chi connectivity index (χ1v) is 5.73. The third-order valence-electron chi connectivity index (χ3n) is 2.19. The van der Waals surface area contributed by atoms with E-state index in [0.717, 1.165) is 0 Å². The molecule has 1 N–H and O–H groups in total. The van der Waals surface area contributed by atoms with Crippen LogP contribution in [0.4, 0.5) is 0 Å². The van der Waals surface area contributed by atoms with Gasteiger partial charge in [-0.1, -0.05) is 18.2 Å². The van der Waals surface area contributed by atoms with Crippen molar-refractivity contribution in [1.82, 2.24) is 0 Å². The molecule has 0 fully saturated rings. The monoisotopic (exact) mass is 252 g/mol.